The molecular weight excluding hydrogens is 276 g/mol. The zero-order chi connectivity index (χ0) is 15.9. The van der Waals surface area contributed by atoms with Gasteiger partial charge in [0.15, 0.2) is 0 Å². The Balaban J connectivity index is 1.86. The van der Waals surface area contributed by atoms with Crippen LogP contribution in [0.25, 0.3) is 0 Å². The van der Waals surface area contributed by atoms with Gasteiger partial charge in [0.1, 0.15) is 5.75 Å². The Morgan fingerprint density at radius 2 is 2.09 bits per heavy atom. The molecule has 0 spiro atoms. The first-order valence-corrected chi connectivity index (χ1v) is 8.35. The van der Waals surface area contributed by atoms with Gasteiger partial charge in [-0.15, -0.1) is 0 Å². The zero-order valence-corrected chi connectivity index (χ0v) is 13.8. The van der Waals surface area contributed by atoms with Crippen molar-refractivity contribution in [3.63, 3.8) is 0 Å². The Bertz CT molecular complexity index is 472. The number of piperidine rings is 1. The number of hydrogen-bond acceptors (Lipinski definition) is 3. The van der Waals surface area contributed by atoms with Gasteiger partial charge in [0.25, 0.3) is 0 Å². The number of nitrogens with zero attached hydrogens (tertiary/aromatic N) is 1. The lowest BCUT2D eigenvalue weighted by Gasteiger charge is -2.38. The van der Waals surface area contributed by atoms with E-state index in [1.807, 2.05) is 36.1 Å². The summed E-state index contributed by atoms with van der Waals surface area (Å²) < 4.78 is 5.43. The third kappa shape index (κ3) is 4.47. The molecule has 0 bridgehead atoms. The minimum Gasteiger partial charge on any atom is -0.494 e. The van der Waals surface area contributed by atoms with E-state index in [1.54, 1.807) is 0 Å². The molecule has 2 N–H and O–H groups in total. The van der Waals surface area contributed by atoms with Crippen LogP contribution >= 0.6 is 0 Å². The molecule has 1 fully saturated rings. The molecule has 0 saturated carbocycles. The van der Waals surface area contributed by atoms with Crippen molar-refractivity contribution in [2.24, 2.45) is 11.7 Å². The maximum atomic E-state index is 12.5. The second-order valence-corrected chi connectivity index (χ2v) is 6.18. The van der Waals surface area contributed by atoms with Gasteiger partial charge in [0.05, 0.1) is 6.61 Å². The van der Waals surface area contributed by atoms with Crippen LogP contribution in [-0.4, -0.2) is 36.5 Å². The number of carbonyl (C=O) groups excluding carboxylic acids is 1. The maximum Gasteiger partial charge on any atom is 0.223 e. The SMILES string of the molecule is CCOc1ccc(CCC(=O)N2CCC(C)CC2CN)cc1. The Morgan fingerprint density at radius 1 is 1.36 bits per heavy atom. The summed E-state index contributed by atoms with van der Waals surface area (Å²) in [5.74, 6) is 1.78. The van der Waals surface area contributed by atoms with E-state index in [0.29, 0.717) is 25.5 Å². The number of carbonyl (C=O) groups is 1. The molecule has 2 unspecified atom stereocenters. The second-order valence-electron chi connectivity index (χ2n) is 6.18. The summed E-state index contributed by atoms with van der Waals surface area (Å²) in [6, 6.07) is 8.23. The molecule has 1 amide bonds. The van der Waals surface area contributed by atoms with Gasteiger partial charge in [0, 0.05) is 25.6 Å². The Morgan fingerprint density at radius 3 is 2.73 bits per heavy atom. The van der Waals surface area contributed by atoms with Crippen molar-refractivity contribution in [1.82, 2.24) is 4.90 Å². The van der Waals surface area contributed by atoms with E-state index >= 15 is 0 Å². The summed E-state index contributed by atoms with van der Waals surface area (Å²) in [6.45, 7) is 6.31. The topological polar surface area (TPSA) is 55.6 Å². The van der Waals surface area contributed by atoms with E-state index in [9.17, 15) is 4.79 Å². The van der Waals surface area contributed by atoms with E-state index in [4.69, 9.17) is 10.5 Å². The fourth-order valence-corrected chi connectivity index (χ4v) is 3.12. The van der Waals surface area contributed by atoms with Crippen LogP contribution in [0.15, 0.2) is 24.3 Å². The highest BCUT2D eigenvalue weighted by atomic mass is 16.5. The molecule has 1 aliphatic rings. The molecule has 0 radical (unpaired) electrons. The number of nitrogens with two attached hydrogens (primary N) is 1. The van der Waals surface area contributed by atoms with Crippen molar-refractivity contribution < 1.29 is 9.53 Å². The quantitative estimate of drug-likeness (QED) is 0.879. The van der Waals surface area contributed by atoms with Crippen molar-refractivity contribution >= 4 is 5.91 Å². The first-order valence-electron chi connectivity index (χ1n) is 8.35. The molecule has 1 aliphatic heterocycles. The van der Waals surface area contributed by atoms with Gasteiger partial charge in [-0.25, -0.2) is 0 Å². The second kappa shape index (κ2) is 8.18. The fourth-order valence-electron chi connectivity index (χ4n) is 3.12. The van der Waals surface area contributed by atoms with Crippen molar-refractivity contribution in [2.45, 2.75) is 45.6 Å². The predicted octanol–water partition coefficient (Wildman–Crippen LogP) is 2.60. The van der Waals surface area contributed by atoms with Crippen LogP contribution in [0.3, 0.4) is 0 Å². The number of rotatable bonds is 6. The highest BCUT2D eigenvalue weighted by Gasteiger charge is 2.28. The molecule has 1 aromatic carbocycles. The van der Waals surface area contributed by atoms with Gasteiger partial charge in [-0.05, 0) is 49.8 Å². The van der Waals surface area contributed by atoms with E-state index in [0.717, 1.165) is 31.6 Å². The summed E-state index contributed by atoms with van der Waals surface area (Å²) in [7, 11) is 0. The molecule has 4 nitrogen and oxygen atoms in total. The number of benzene rings is 1. The number of hydrogen-bond donors (Lipinski definition) is 1. The van der Waals surface area contributed by atoms with Crippen LogP contribution in [0.2, 0.25) is 0 Å². The molecule has 0 aromatic heterocycles. The number of amides is 1. The van der Waals surface area contributed by atoms with E-state index in [-0.39, 0.29) is 11.9 Å². The molecular formula is C18H28N2O2. The highest BCUT2D eigenvalue weighted by Crippen LogP contribution is 2.23. The molecule has 1 aromatic rings. The normalized spacial score (nSPS) is 21.7. The highest BCUT2D eigenvalue weighted by molar-refractivity contribution is 5.77. The lowest BCUT2D eigenvalue weighted by Crippen LogP contribution is -2.49. The summed E-state index contributed by atoms with van der Waals surface area (Å²) >= 11 is 0. The average molecular weight is 304 g/mol. The monoisotopic (exact) mass is 304 g/mol. The van der Waals surface area contributed by atoms with Crippen LogP contribution in [-0.2, 0) is 11.2 Å². The van der Waals surface area contributed by atoms with Gasteiger partial charge < -0.3 is 15.4 Å². The summed E-state index contributed by atoms with van der Waals surface area (Å²) in [4.78, 5) is 14.5. The van der Waals surface area contributed by atoms with Crippen LogP contribution in [0, 0.1) is 5.92 Å². The van der Waals surface area contributed by atoms with E-state index in [1.165, 1.54) is 5.56 Å². The Kier molecular flexibility index (Phi) is 6.25. The molecule has 0 aliphatic carbocycles. The molecule has 1 heterocycles. The van der Waals surface area contributed by atoms with Gasteiger partial charge in [-0.3, -0.25) is 4.79 Å². The van der Waals surface area contributed by atoms with Gasteiger partial charge in [0.2, 0.25) is 5.91 Å². The molecule has 2 rings (SSSR count). The maximum absolute atomic E-state index is 12.5. The van der Waals surface area contributed by atoms with Gasteiger partial charge >= 0.3 is 0 Å². The van der Waals surface area contributed by atoms with Crippen LogP contribution < -0.4 is 10.5 Å². The molecule has 4 heteroatoms. The van der Waals surface area contributed by atoms with Crippen molar-refractivity contribution in [1.29, 1.82) is 0 Å². The van der Waals surface area contributed by atoms with E-state index in [2.05, 4.69) is 6.92 Å². The van der Waals surface area contributed by atoms with Crippen LogP contribution in [0.1, 0.15) is 38.7 Å². The number of aryl methyl sites for hydroxylation is 1. The van der Waals surface area contributed by atoms with Gasteiger partial charge in [-0.2, -0.15) is 0 Å². The van der Waals surface area contributed by atoms with Gasteiger partial charge in [-0.1, -0.05) is 19.1 Å². The summed E-state index contributed by atoms with van der Waals surface area (Å²) in [5, 5.41) is 0. The van der Waals surface area contributed by atoms with E-state index < -0.39 is 0 Å². The predicted molar refractivity (Wildman–Crippen MR) is 88.9 cm³/mol. The molecule has 2 atom stereocenters. The Hall–Kier alpha value is -1.55. The van der Waals surface area contributed by atoms with Crippen molar-refractivity contribution in [2.75, 3.05) is 19.7 Å². The summed E-state index contributed by atoms with van der Waals surface area (Å²) in [5.41, 5.74) is 7.01. The zero-order valence-electron chi connectivity index (χ0n) is 13.8. The molecule has 22 heavy (non-hydrogen) atoms. The summed E-state index contributed by atoms with van der Waals surface area (Å²) in [6.07, 6.45) is 3.45. The minimum absolute atomic E-state index is 0.219. The number of likely N-dealkylation sites (tertiary alicyclic amines) is 1. The molecule has 1 saturated heterocycles. The number of ether oxygens (including phenoxy) is 1. The van der Waals surface area contributed by atoms with Crippen LogP contribution in [0.5, 0.6) is 5.75 Å². The first-order chi connectivity index (χ1) is 10.6. The Labute approximate surface area is 133 Å². The smallest absolute Gasteiger partial charge is 0.223 e. The van der Waals surface area contributed by atoms with Crippen molar-refractivity contribution in [3.8, 4) is 5.75 Å². The van der Waals surface area contributed by atoms with Crippen molar-refractivity contribution in [3.05, 3.63) is 29.8 Å². The lowest BCUT2D eigenvalue weighted by atomic mass is 9.92. The average Bonchev–Trinajstić information content (AvgIpc) is 2.54. The lowest BCUT2D eigenvalue weighted by molar-refractivity contribution is -0.135. The first kappa shape index (κ1) is 16.8. The minimum atomic E-state index is 0.219. The third-order valence-electron chi connectivity index (χ3n) is 4.43. The fraction of sp³-hybridized carbons (Fsp3) is 0.611. The standard InChI is InChI=1S/C18H28N2O2/c1-3-22-17-7-4-15(5-8-17)6-9-18(21)20-11-10-14(2)12-16(20)13-19/h4-5,7-8,14,16H,3,6,9-13,19H2,1-2H3. The largest absolute Gasteiger partial charge is 0.494 e. The van der Waals surface area contributed by atoms with Crippen LogP contribution in [0.4, 0.5) is 0 Å². The third-order valence-corrected chi connectivity index (χ3v) is 4.43. The molecule has 122 valence electrons.